The van der Waals surface area contributed by atoms with Crippen molar-refractivity contribution < 1.29 is 9.53 Å². The Morgan fingerprint density at radius 1 is 1.22 bits per heavy atom. The highest BCUT2D eigenvalue weighted by Gasteiger charge is 2.30. The Bertz CT molecular complexity index is 574. The van der Waals surface area contributed by atoms with Crippen LogP contribution in [0.5, 0.6) is 5.75 Å². The lowest BCUT2D eigenvalue weighted by molar-refractivity contribution is 0.0839. The number of rotatable bonds is 3. The summed E-state index contributed by atoms with van der Waals surface area (Å²) in [6.45, 7) is 8.23. The van der Waals surface area contributed by atoms with Crippen LogP contribution in [0.25, 0.3) is 0 Å². The van der Waals surface area contributed by atoms with E-state index in [4.69, 9.17) is 4.74 Å². The summed E-state index contributed by atoms with van der Waals surface area (Å²) in [5.74, 6) is 2.45. The minimum Gasteiger partial charge on any atom is -0.494 e. The van der Waals surface area contributed by atoms with Gasteiger partial charge in [-0.3, -0.25) is 14.7 Å². The zero-order valence-electron chi connectivity index (χ0n) is 14.0. The number of aliphatic imine (C=N–C) groups is 1. The van der Waals surface area contributed by atoms with E-state index in [1.807, 2.05) is 36.1 Å². The lowest BCUT2D eigenvalue weighted by Crippen LogP contribution is -2.47. The summed E-state index contributed by atoms with van der Waals surface area (Å²) >= 11 is 0. The number of likely N-dealkylation sites (tertiary alicyclic amines) is 1. The van der Waals surface area contributed by atoms with Crippen molar-refractivity contribution in [1.29, 1.82) is 0 Å². The topological polar surface area (TPSA) is 45.1 Å². The smallest absolute Gasteiger partial charge is 0.260 e. The number of hydrogen-bond acceptors (Lipinski definition) is 4. The van der Waals surface area contributed by atoms with Crippen LogP contribution in [0.2, 0.25) is 0 Å². The SMILES string of the molecule is CCOc1ccc(C(=O)N2CCN=C2N2CCC(C)CC2)cc1. The van der Waals surface area contributed by atoms with E-state index in [9.17, 15) is 4.79 Å². The maximum atomic E-state index is 12.8. The van der Waals surface area contributed by atoms with Gasteiger partial charge in [-0.2, -0.15) is 0 Å². The molecular weight excluding hydrogens is 290 g/mol. The molecule has 23 heavy (non-hydrogen) atoms. The summed E-state index contributed by atoms with van der Waals surface area (Å²) in [6, 6.07) is 7.38. The Hall–Kier alpha value is -2.04. The van der Waals surface area contributed by atoms with Crippen molar-refractivity contribution in [2.75, 3.05) is 32.8 Å². The Morgan fingerprint density at radius 2 is 1.91 bits per heavy atom. The molecule has 5 heteroatoms. The fraction of sp³-hybridized carbons (Fsp3) is 0.556. The Morgan fingerprint density at radius 3 is 2.57 bits per heavy atom. The molecule has 2 aliphatic heterocycles. The van der Waals surface area contributed by atoms with Crippen molar-refractivity contribution in [3.05, 3.63) is 29.8 Å². The highest BCUT2D eigenvalue weighted by molar-refractivity contribution is 6.06. The third-order valence-electron chi connectivity index (χ3n) is 4.54. The normalized spacial score (nSPS) is 19.0. The molecule has 0 spiro atoms. The predicted molar refractivity (Wildman–Crippen MR) is 90.9 cm³/mol. The first kappa shape index (κ1) is 15.8. The van der Waals surface area contributed by atoms with E-state index >= 15 is 0 Å². The van der Waals surface area contributed by atoms with Gasteiger partial charge < -0.3 is 9.64 Å². The Labute approximate surface area is 137 Å². The maximum Gasteiger partial charge on any atom is 0.260 e. The first-order chi connectivity index (χ1) is 11.2. The van der Waals surface area contributed by atoms with E-state index in [0.717, 1.165) is 30.7 Å². The molecule has 0 N–H and O–H groups in total. The minimum atomic E-state index is 0.0305. The number of carbonyl (C=O) groups is 1. The number of benzene rings is 1. The fourth-order valence-corrected chi connectivity index (χ4v) is 3.12. The van der Waals surface area contributed by atoms with Gasteiger partial charge in [0, 0.05) is 25.2 Å². The molecule has 5 nitrogen and oxygen atoms in total. The van der Waals surface area contributed by atoms with Gasteiger partial charge in [-0.25, -0.2) is 0 Å². The molecule has 0 saturated carbocycles. The summed E-state index contributed by atoms with van der Waals surface area (Å²) in [5, 5.41) is 0. The molecule has 0 aliphatic carbocycles. The van der Waals surface area contributed by atoms with Crippen LogP contribution >= 0.6 is 0 Å². The van der Waals surface area contributed by atoms with E-state index in [1.54, 1.807) is 0 Å². The van der Waals surface area contributed by atoms with Crippen molar-refractivity contribution in [3.63, 3.8) is 0 Å². The van der Waals surface area contributed by atoms with Gasteiger partial charge in [0.15, 0.2) is 0 Å². The lowest BCUT2D eigenvalue weighted by Gasteiger charge is -2.34. The number of carbonyl (C=O) groups excluding carboxylic acids is 1. The van der Waals surface area contributed by atoms with Gasteiger partial charge in [0.1, 0.15) is 5.75 Å². The summed E-state index contributed by atoms with van der Waals surface area (Å²) in [4.78, 5) is 21.5. The van der Waals surface area contributed by atoms with E-state index in [-0.39, 0.29) is 5.91 Å². The molecule has 1 amide bonds. The molecular formula is C18H25N3O2. The molecule has 2 aliphatic rings. The first-order valence-electron chi connectivity index (χ1n) is 8.53. The molecule has 1 aromatic rings. The van der Waals surface area contributed by atoms with Crippen molar-refractivity contribution in [2.24, 2.45) is 10.9 Å². The number of ether oxygens (including phenoxy) is 1. The third-order valence-corrected chi connectivity index (χ3v) is 4.54. The highest BCUT2D eigenvalue weighted by atomic mass is 16.5. The quantitative estimate of drug-likeness (QED) is 0.861. The molecule has 0 aromatic heterocycles. The van der Waals surface area contributed by atoms with Gasteiger partial charge in [-0.1, -0.05) is 6.92 Å². The number of guanidine groups is 1. The molecule has 1 aromatic carbocycles. The minimum absolute atomic E-state index is 0.0305. The number of amides is 1. The lowest BCUT2D eigenvalue weighted by atomic mass is 9.99. The largest absolute Gasteiger partial charge is 0.494 e. The van der Waals surface area contributed by atoms with Gasteiger partial charge >= 0.3 is 0 Å². The average molecular weight is 315 g/mol. The van der Waals surface area contributed by atoms with Crippen LogP contribution in [0.1, 0.15) is 37.0 Å². The number of hydrogen-bond donors (Lipinski definition) is 0. The van der Waals surface area contributed by atoms with Crippen molar-refractivity contribution in [3.8, 4) is 5.75 Å². The molecule has 2 heterocycles. The monoisotopic (exact) mass is 315 g/mol. The van der Waals surface area contributed by atoms with Gasteiger partial charge in [0.25, 0.3) is 5.91 Å². The number of piperidine rings is 1. The van der Waals surface area contributed by atoms with Crippen LogP contribution in [0.3, 0.4) is 0 Å². The summed E-state index contributed by atoms with van der Waals surface area (Å²) in [5.41, 5.74) is 0.688. The Balaban J connectivity index is 1.70. The second kappa shape index (κ2) is 7.02. The van der Waals surface area contributed by atoms with Gasteiger partial charge in [0.05, 0.1) is 13.2 Å². The highest BCUT2D eigenvalue weighted by Crippen LogP contribution is 2.21. The van der Waals surface area contributed by atoms with Gasteiger partial charge in [-0.15, -0.1) is 0 Å². The molecule has 0 bridgehead atoms. The Kier molecular flexibility index (Phi) is 4.84. The van der Waals surface area contributed by atoms with Crippen LogP contribution in [-0.4, -0.2) is 54.5 Å². The second-order valence-electron chi connectivity index (χ2n) is 6.27. The average Bonchev–Trinajstić information content (AvgIpc) is 3.05. The molecule has 3 rings (SSSR count). The van der Waals surface area contributed by atoms with Crippen LogP contribution in [0.4, 0.5) is 0 Å². The molecule has 124 valence electrons. The zero-order valence-corrected chi connectivity index (χ0v) is 14.0. The fourth-order valence-electron chi connectivity index (χ4n) is 3.12. The third kappa shape index (κ3) is 3.49. The standard InChI is InChI=1S/C18H25N3O2/c1-3-23-16-6-4-15(5-7-16)17(22)21-13-10-19-18(21)20-11-8-14(2)9-12-20/h4-7,14H,3,8-13H2,1-2H3. The predicted octanol–water partition coefficient (Wildman–Crippen LogP) is 2.63. The number of nitrogens with zero attached hydrogens (tertiary/aromatic N) is 3. The molecule has 1 saturated heterocycles. The molecule has 1 fully saturated rings. The van der Waals surface area contributed by atoms with Crippen molar-refractivity contribution in [2.45, 2.75) is 26.7 Å². The molecule has 0 radical (unpaired) electrons. The van der Waals surface area contributed by atoms with Gasteiger partial charge in [-0.05, 0) is 49.9 Å². The molecule has 0 atom stereocenters. The van der Waals surface area contributed by atoms with Crippen molar-refractivity contribution >= 4 is 11.9 Å². The summed E-state index contributed by atoms with van der Waals surface area (Å²) in [7, 11) is 0. The molecule has 0 unspecified atom stereocenters. The van der Waals surface area contributed by atoms with Crippen LogP contribution in [-0.2, 0) is 0 Å². The maximum absolute atomic E-state index is 12.8. The zero-order chi connectivity index (χ0) is 16.2. The van der Waals surface area contributed by atoms with Crippen LogP contribution in [0, 0.1) is 5.92 Å². The van der Waals surface area contributed by atoms with E-state index in [0.29, 0.717) is 25.3 Å². The van der Waals surface area contributed by atoms with E-state index in [2.05, 4.69) is 16.8 Å². The van der Waals surface area contributed by atoms with Crippen molar-refractivity contribution in [1.82, 2.24) is 9.80 Å². The van der Waals surface area contributed by atoms with Gasteiger partial charge in [0.2, 0.25) is 5.96 Å². The summed E-state index contributed by atoms with van der Waals surface area (Å²) < 4.78 is 5.44. The summed E-state index contributed by atoms with van der Waals surface area (Å²) in [6.07, 6.45) is 2.34. The van der Waals surface area contributed by atoms with Crippen LogP contribution in [0.15, 0.2) is 29.3 Å². The van der Waals surface area contributed by atoms with Crippen LogP contribution < -0.4 is 4.74 Å². The van der Waals surface area contributed by atoms with E-state index in [1.165, 1.54) is 12.8 Å². The van der Waals surface area contributed by atoms with E-state index < -0.39 is 0 Å². The second-order valence-corrected chi connectivity index (χ2v) is 6.27. The first-order valence-corrected chi connectivity index (χ1v) is 8.53.